The topological polar surface area (TPSA) is 0 Å². The van der Waals surface area contributed by atoms with Crippen molar-refractivity contribution in [2.45, 2.75) is 0 Å². The van der Waals surface area contributed by atoms with Crippen LogP contribution in [0.3, 0.4) is 0 Å². The molecule has 0 unspecified atom stereocenters. The van der Waals surface area contributed by atoms with E-state index in [4.69, 9.17) is 0 Å². The largest absolute Gasteiger partial charge is 0.268 e. The van der Waals surface area contributed by atoms with Gasteiger partial charge in [-0.25, -0.2) is 26.7 Å². The van der Waals surface area contributed by atoms with Crippen molar-refractivity contribution in [2.24, 2.45) is 0 Å². The maximum absolute atomic E-state index is 3.77. The van der Waals surface area contributed by atoms with E-state index in [2.05, 4.69) is 117 Å². The quantitative estimate of drug-likeness (QED) is 0.179. The Bertz CT molecular complexity index is 66.3. The molecule has 0 N–H and O–H groups in total. The third kappa shape index (κ3) is 287. The van der Waals surface area contributed by atoms with Gasteiger partial charge in [0.1, 0.15) is 0 Å². The first-order chi connectivity index (χ1) is 6.00. The molecule has 0 aliphatic carbocycles. The summed E-state index contributed by atoms with van der Waals surface area (Å²) in [6.07, 6.45) is 0. The predicted molar refractivity (Wildman–Crippen MR) is 76.8 cm³/mol. The van der Waals surface area contributed by atoms with E-state index in [0.717, 1.165) is 0 Å². The minimum Gasteiger partial charge on any atom is -0.268 e. The normalized spacial score (nSPS) is 9.57. The van der Waals surface area contributed by atoms with Crippen LogP contribution in [0.4, 0.5) is 0 Å². The molecule has 0 amide bonds. The molecule has 0 fully saturated rings. The van der Waals surface area contributed by atoms with E-state index in [9.17, 15) is 0 Å². The summed E-state index contributed by atoms with van der Waals surface area (Å²) >= 11 is 9.94. The Morgan fingerprint density at radius 3 is 0.643 bits per heavy atom. The van der Waals surface area contributed by atoms with Gasteiger partial charge in [-0.15, -0.1) is 0 Å². The molecule has 0 aromatic heterocycles. The molecular formula is C8H20Au2Br2P2-2. The van der Waals surface area contributed by atoms with E-state index in [1.807, 2.05) is 0 Å². The van der Waals surface area contributed by atoms with Gasteiger partial charge in [0, 0.05) is 0 Å². The average Bonchev–Trinajstić information content (AvgIpc) is 1.88. The van der Waals surface area contributed by atoms with E-state index in [0.29, 0.717) is 0 Å². The molecule has 100 valence electrons. The fourth-order valence-electron chi connectivity index (χ4n) is 0. The van der Waals surface area contributed by atoms with E-state index >= 15 is 0 Å². The van der Waals surface area contributed by atoms with Gasteiger partial charge in [0.05, 0.1) is 0 Å². The first kappa shape index (κ1) is 26.0. The summed E-state index contributed by atoms with van der Waals surface area (Å²) in [4.78, 5) is 0. The van der Waals surface area contributed by atoms with Crippen LogP contribution in [0.1, 0.15) is 0 Å². The Labute approximate surface area is 130 Å². The van der Waals surface area contributed by atoms with Gasteiger partial charge in [0.25, 0.3) is 0 Å². The van der Waals surface area contributed by atoms with Gasteiger partial charge in [-0.3, -0.25) is 14.5 Å². The summed E-state index contributed by atoms with van der Waals surface area (Å²) in [5, 5.41) is 0. The third-order valence-corrected chi connectivity index (χ3v) is 0. The number of halogens is 2. The average molecular weight is 732 g/mol. The second-order valence-electron chi connectivity index (χ2n) is 3.87. The summed E-state index contributed by atoms with van der Waals surface area (Å²) in [6, 6.07) is 0. The standard InChI is InChI=1S/2C4H10P.2Au.2BrH/c2*1-5(2,3)4;;;;/h2*1-2H2,3-4H3;;;2*1H/q2*-1;2*+1;;/p-2. The van der Waals surface area contributed by atoms with Crippen molar-refractivity contribution in [1.29, 1.82) is 0 Å². The van der Waals surface area contributed by atoms with Crippen LogP contribution in [0.5, 0.6) is 0 Å². The minimum atomic E-state index is -0.889. The molecule has 0 saturated carbocycles. The van der Waals surface area contributed by atoms with Crippen LogP contribution in [-0.4, -0.2) is 26.7 Å². The molecule has 0 aliphatic heterocycles. The number of rotatable bonds is 0. The van der Waals surface area contributed by atoms with Gasteiger partial charge >= 0.3 is 63.9 Å². The maximum atomic E-state index is 3.77. The molecule has 0 spiro atoms. The first-order valence-electron chi connectivity index (χ1n) is 3.28. The van der Waals surface area contributed by atoms with Gasteiger partial charge in [-0.1, -0.05) is 0 Å². The molecule has 0 saturated heterocycles. The minimum absolute atomic E-state index is 0.889. The van der Waals surface area contributed by atoms with Crippen molar-refractivity contribution in [3.63, 3.8) is 0 Å². The molecule has 0 nitrogen and oxygen atoms in total. The Morgan fingerprint density at radius 1 is 0.643 bits per heavy atom. The molecule has 6 heteroatoms. The van der Waals surface area contributed by atoms with Crippen molar-refractivity contribution in [3.05, 3.63) is 26.7 Å². The molecule has 0 radical (unpaired) electrons. The Kier molecular flexibility index (Phi) is 30.3. The van der Waals surface area contributed by atoms with Crippen molar-refractivity contribution in [2.75, 3.05) is 26.7 Å². The van der Waals surface area contributed by atoms with Gasteiger partial charge < -0.3 is 0 Å². The second kappa shape index (κ2) is 16.3. The zero-order valence-electron chi connectivity index (χ0n) is 9.08. The van der Waals surface area contributed by atoms with Gasteiger partial charge in [-0.05, 0) is 26.7 Å². The molecule has 0 aromatic rings. The van der Waals surface area contributed by atoms with Crippen LogP contribution in [0, 0.1) is 26.7 Å². The zero-order chi connectivity index (χ0) is 13.0. The van der Waals surface area contributed by atoms with Crippen LogP contribution in [0.25, 0.3) is 0 Å². The molecule has 0 rings (SSSR count). The molecule has 0 heterocycles. The van der Waals surface area contributed by atoms with E-state index in [1.165, 1.54) is 0 Å². The van der Waals surface area contributed by atoms with Crippen molar-refractivity contribution < 1.29 is 37.9 Å². The monoisotopic (exact) mass is 730 g/mol. The Balaban J connectivity index is -0.0000000528. The van der Waals surface area contributed by atoms with E-state index < -0.39 is 14.5 Å². The zero-order valence-corrected chi connectivity index (χ0v) is 18.4. The SMILES string of the molecule is [Br][Au].[Br][Au].[CH2-][P+]([CH2-])(C)C.[CH2-][P+]([CH2-])(C)C. The summed E-state index contributed by atoms with van der Waals surface area (Å²) in [5.41, 5.74) is 0. The third-order valence-electron chi connectivity index (χ3n) is 0. The molecule has 0 bridgehead atoms. The molecule has 0 aliphatic rings. The van der Waals surface area contributed by atoms with Gasteiger partial charge in [0.2, 0.25) is 0 Å². The number of hydrogen-bond acceptors (Lipinski definition) is 0. The summed E-state index contributed by atoms with van der Waals surface area (Å²) in [5.74, 6) is 0. The van der Waals surface area contributed by atoms with Crippen LogP contribution < -0.4 is 0 Å². The fraction of sp³-hybridized carbons (Fsp3) is 0.500. The molecular weight excluding hydrogens is 712 g/mol. The number of hydrogen-bond donors (Lipinski definition) is 0. The second-order valence-corrected chi connectivity index (χ2v) is 11.6. The van der Waals surface area contributed by atoms with Crippen LogP contribution in [0.2, 0.25) is 0 Å². The predicted octanol–water partition coefficient (Wildman–Crippen LogP) is 5.38. The van der Waals surface area contributed by atoms with Gasteiger partial charge in [-0.2, -0.15) is 0 Å². The maximum Gasteiger partial charge on any atom is -0.00471 e. The fourth-order valence-corrected chi connectivity index (χ4v) is 0. The van der Waals surface area contributed by atoms with Crippen molar-refractivity contribution >= 4 is 40.6 Å². The summed E-state index contributed by atoms with van der Waals surface area (Å²) in [7, 11) is -1.78. The first-order valence-corrected chi connectivity index (χ1v) is 18.9. The molecule has 0 aromatic carbocycles. The van der Waals surface area contributed by atoms with Crippen LogP contribution in [-0.2, 0) is 37.9 Å². The van der Waals surface area contributed by atoms with Crippen LogP contribution in [0.15, 0.2) is 0 Å². The molecule has 14 heavy (non-hydrogen) atoms. The van der Waals surface area contributed by atoms with Crippen molar-refractivity contribution in [1.82, 2.24) is 0 Å². The van der Waals surface area contributed by atoms with E-state index in [-0.39, 0.29) is 0 Å². The Hall–Kier alpha value is 3.30. The smallest absolute Gasteiger partial charge is 0.00471 e. The van der Waals surface area contributed by atoms with Crippen LogP contribution >= 0.6 is 40.6 Å². The van der Waals surface area contributed by atoms with Gasteiger partial charge in [0.15, 0.2) is 0 Å². The van der Waals surface area contributed by atoms with E-state index in [1.54, 1.807) is 0 Å². The Morgan fingerprint density at radius 2 is 0.643 bits per heavy atom. The molecule has 0 atom stereocenters. The van der Waals surface area contributed by atoms with Crippen molar-refractivity contribution in [3.8, 4) is 0 Å². The summed E-state index contributed by atoms with van der Waals surface area (Å²) in [6.45, 7) is 23.4. The summed E-state index contributed by atoms with van der Waals surface area (Å²) < 4.78 is 0.